The fourth-order valence-corrected chi connectivity index (χ4v) is 5.06. The highest BCUT2D eigenvalue weighted by Crippen LogP contribution is 2.29. The minimum absolute atomic E-state index is 0.822. The average molecular weight is 613 g/mol. The first-order valence-corrected chi connectivity index (χ1v) is 15.8. The Hall–Kier alpha value is -5.86. The zero-order valence-corrected chi connectivity index (χ0v) is 27.7. The molecule has 0 atom stereocenters. The van der Waals surface area contributed by atoms with Crippen molar-refractivity contribution in [3.05, 3.63) is 204 Å². The molecule has 0 saturated carbocycles. The molecule has 0 aromatic heterocycles. The van der Waals surface area contributed by atoms with E-state index in [0.717, 1.165) is 33.5 Å². The van der Waals surface area contributed by atoms with E-state index in [1.54, 1.807) is 6.20 Å². The maximum absolute atomic E-state index is 5.79. The van der Waals surface area contributed by atoms with Crippen LogP contribution in [0.15, 0.2) is 193 Å². The average Bonchev–Trinajstić information content (AvgIpc) is 3.11. The number of nitrogen functional groups attached to an aromatic ring is 1. The largest absolute Gasteiger partial charge is 0.404 e. The molecule has 47 heavy (non-hydrogen) atoms. The standard InChI is InChI=1S/C39H37N.C6H7N/c1-6-10-39(27-40)31(7-2)16-13-28(3)29(4)14-17-35-25-37(18-15-30(35)5)33-19-21-34(22-20-33)38-24-23-32-11-8-9-12-36(32)26-38;7-6-4-2-1-3-5-6/h6-27H,3-4,40H2,1-2,5H3;1-5H,7H2/b10-6-,16-13-,17-14-,31-7+,39-27+;. The monoisotopic (exact) mass is 612 g/mol. The molecule has 0 heterocycles. The highest BCUT2D eigenvalue weighted by Gasteiger charge is 2.05. The summed E-state index contributed by atoms with van der Waals surface area (Å²) >= 11 is 0. The molecule has 5 rings (SSSR count). The summed E-state index contributed by atoms with van der Waals surface area (Å²) in [7, 11) is 0. The van der Waals surface area contributed by atoms with E-state index in [0.29, 0.717) is 0 Å². The number of allylic oxidation sites excluding steroid dienone is 10. The second-order valence-electron chi connectivity index (χ2n) is 11.2. The van der Waals surface area contributed by atoms with Crippen molar-refractivity contribution in [2.24, 2.45) is 5.73 Å². The van der Waals surface area contributed by atoms with Gasteiger partial charge in [-0.3, -0.25) is 0 Å². The number of fused-ring (bicyclic) bond motifs is 1. The predicted octanol–water partition coefficient (Wildman–Crippen LogP) is 11.8. The first kappa shape index (κ1) is 34.0. The van der Waals surface area contributed by atoms with Crippen molar-refractivity contribution in [1.29, 1.82) is 0 Å². The Balaban J connectivity index is 0.000000632. The first-order valence-electron chi connectivity index (χ1n) is 15.8. The number of para-hydroxylation sites is 1. The van der Waals surface area contributed by atoms with Crippen molar-refractivity contribution >= 4 is 22.5 Å². The van der Waals surface area contributed by atoms with Gasteiger partial charge in [-0.15, -0.1) is 0 Å². The Labute approximate surface area is 280 Å². The van der Waals surface area contributed by atoms with E-state index in [-0.39, 0.29) is 0 Å². The van der Waals surface area contributed by atoms with E-state index >= 15 is 0 Å². The summed E-state index contributed by atoms with van der Waals surface area (Å²) in [5, 5.41) is 2.52. The van der Waals surface area contributed by atoms with Crippen LogP contribution in [0.5, 0.6) is 0 Å². The number of benzene rings is 5. The van der Waals surface area contributed by atoms with Crippen LogP contribution < -0.4 is 11.5 Å². The fraction of sp³-hybridized carbons (Fsp3) is 0.0667. The maximum atomic E-state index is 5.79. The number of anilines is 1. The Kier molecular flexibility index (Phi) is 12.3. The lowest BCUT2D eigenvalue weighted by Crippen LogP contribution is -1.89. The maximum Gasteiger partial charge on any atom is 0.0313 e. The Morgan fingerprint density at radius 3 is 1.74 bits per heavy atom. The van der Waals surface area contributed by atoms with Gasteiger partial charge >= 0.3 is 0 Å². The Bertz CT molecular complexity index is 1980. The molecule has 0 spiro atoms. The van der Waals surface area contributed by atoms with E-state index < -0.39 is 0 Å². The molecule has 0 aliphatic carbocycles. The molecule has 5 aromatic rings. The van der Waals surface area contributed by atoms with Gasteiger partial charge in [0.1, 0.15) is 0 Å². The molecule has 0 aliphatic heterocycles. The van der Waals surface area contributed by atoms with Crippen LogP contribution in [0.4, 0.5) is 5.69 Å². The molecular weight excluding hydrogens is 569 g/mol. The normalized spacial score (nSPS) is 12.1. The summed E-state index contributed by atoms with van der Waals surface area (Å²) in [4.78, 5) is 0. The van der Waals surface area contributed by atoms with Crippen molar-refractivity contribution in [3.8, 4) is 22.3 Å². The van der Waals surface area contributed by atoms with Gasteiger partial charge in [0.15, 0.2) is 0 Å². The molecule has 4 N–H and O–H groups in total. The molecule has 0 radical (unpaired) electrons. The number of rotatable bonds is 9. The third-order valence-corrected chi connectivity index (χ3v) is 7.89. The molecule has 0 unspecified atom stereocenters. The van der Waals surface area contributed by atoms with Gasteiger partial charge in [0.05, 0.1) is 0 Å². The third-order valence-electron chi connectivity index (χ3n) is 7.89. The van der Waals surface area contributed by atoms with Crippen molar-refractivity contribution in [3.63, 3.8) is 0 Å². The summed E-state index contributed by atoms with van der Waals surface area (Å²) in [6, 6.07) is 40.0. The van der Waals surface area contributed by atoms with E-state index in [1.165, 1.54) is 38.6 Å². The third kappa shape index (κ3) is 9.56. The zero-order valence-electron chi connectivity index (χ0n) is 27.7. The molecule has 2 nitrogen and oxygen atoms in total. The van der Waals surface area contributed by atoms with Gasteiger partial charge in [0, 0.05) is 11.9 Å². The second kappa shape index (κ2) is 17.0. The van der Waals surface area contributed by atoms with Gasteiger partial charge in [-0.05, 0) is 111 Å². The van der Waals surface area contributed by atoms with Crippen LogP contribution in [0.25, 0.3) is 39.1 Å². The number of hydrogen-bond acceptors (Lipinski definition) is 2. The van der Waals surface area contributed by atoms with Gasteiger partial charge in [0.25, 0.3) is 0 Å². The second-order valence-corrected chi connectivity index (χ2v) is 11.2. The molecule has 0 fully saturated rings. The molecule has 2 heteroatoms. The highest BCUT2D eigenvalue weighted by molar-refractivity contribution is 5.87. The van der Waals surface area contributed by atoms with Crippen LogP contribution >= 0.6 is 0 Å². The lowest BCUT2D eigenvalue weighted by molar-refractivity contribution is 1.42. The number of nitrogens with two attached hydrogens (primary N) is 2. The zero-order chi connectivity index (χ0) is 33.6. The highest BCUT2D eigenvalue weighted by atomic mass is 14.5. The van der Waals surface area contributed by atoms with E-state index in [9.17, 15) is 0 Å². The predicted molar refractivity (Wildman–Crippen MR) is 208 cm³/mol. The van der Waals surface area contributed by atoms with Crippen LogP contribution in [0.2, 0.25) is 0 Å². The first-order chi connectivity index (χ1) is 22.8. The van der Waals surface area contributed by atoms with Crippen LogP contribution in [-0.4, -0.2) is 0 Å². The van der Waals surface area contributed by atoms with Crippen LogP contribution in [0, 0.1) is 6.92 Å². The van der Waals surface area contributed by atoms with Gasteiger partial charge in [-0.2, -0.15) is 0 Å². The lowest BCUT2D eigenvalue weighted by atomic mass is 9.96. The van der Waals surface area contributed by atoms with Crippen molar-refractivity contribution in [2.45, 2.75) is 20.8 Å². The van der Waals surface area contributed by atoms with Gasteiger partial charge in [-0.1, -0.05) is 147 Å². The summed E-state index contributed by atoms with van der Waals surface area (Å²) in [6.07, 6.45) is 15.8. The fourth-order valence-electron chi connectivity index (χ4n) is 5.06. The summed E-state index contributed by atoms with van der Waals surface area (Å²) in [6.45, 7) is 14.5. The van der Waals surface area contributed by atoms with Crippen LogP contribution in [0.3, 0.4) is 0 Å². The summed E-state index contributed by atoms with van der Waals surface area (Å²) in [5.41, 5.74) is 22.9. The lowest BCUT2D eigenvalue weighted by Gasteiger charge is -2.09. The SMILES string of the molecule is C=C(\C=C/C(=C\C)C(/C=C\C)=C/N)C(=C)/C=C\c1cc(-c2ccc(-c3ccc4ccccc4c3)cc2)ccc1C.Nc1ccccc1. The quantitative estimate of drug-likeness (QED) is 0.128. The van der Waals surface area contributed by atoms with Gasteiger partial charge in [0.2, 0.25) is 0 Å². The van der Waals surface area contributed by atoms with Crippen molar-refractivity contribution in [2.75, 3.05) is 5.73 Å². The van der Waals surface area contributed by atoms with E-state index in [1.807, 2.05) is 80.6 Å². The van der Waals surface area contributed by atoms with Gasteiger partial charge < -0.3 is 11.5 Å². The molecular formula is C45H44N2. The molecule has 0 aliphatic rings. The van der Waals surface area contributed by atoms with E-state index in [4.69, 9.17) is 11.5 Å². The summed E-state index contributed by atoms with van der Waals surface area (Å²) in [5.74, 6) is 0. The summed E-state index contributed by atoms with van der Waals surface area (Å²) < 4.78 is 0. The van der Waals surface area contributed by atoms with Crippen molar-refractivity contribution in [1.82, 2.24) is 0 Å². The minimum Gasteiger partial charge on any atom is -0.404 e. The Morgan fingerprint density at radius 1 is 0.574 bits per heavy atom. The van der Waals surface area contributed by atoms with Crippen molar-refractivity contribution < 1.29 is 0 Å². The molecule has 234 valence electrons. The Morgan fingerprint density at radius 2 is 1.15 bits per heavy atom. The smallest absolute Gasteiger partial charge is 0.0313 e. The van der Waals surface area contributed by atoms with Crippen LogP contribution in [-0.2, 0) is 0 Å². The van der Waals surface area contributed by atoms with Crippen LogP contribution in [0.1, 0.15) is 25.0 Å². The number of aryl methyl sites for hydroxylation is 1. The topological polar surface area (TPSA) is 52.0 Å². The molecule has 0 bridgehead atoms. The molecule has 0 amide bonds. The minimum atomic E-state index is 0.822. The number of hydrogen-bond donors (Lipinski definition) is 2. The van der Waals surface area contributed by atoms with Gasteiger partial charge in [-0.25, -0.2) is 0 Å². The molecule has 0 saturated heterocycles. The molecule has 5 aromatic carbocycles. The van der Waals surface area contributed by atoms with E-state index in [2.05, 4.69) is 111 Å².